The summed E-state index contributed by atoms with van der Waals surface area (Å²) in [5.74, 6) is -3.38. The molecule has 46 heavy (non-hydrogen) atoms. The van der Waals surface area contributed by atoms with Gasteiger partial charge in [-0.15, -0.1) is 24.8 Å². The highest BCUT2D eigenvalue weighted by atomic mass is 35.5. The number of carboxylic acid groups (broad SMARTS) is 1. The molecule has 0 unspecified atom stereocenters. The SMILES string of the molecule is C[C@]1(CCCNC(=O)c2ccc(N=C(N)N)cc2)C(=O)N(CC(=O)O)CCN1C(=O)CNC(=O)c1ccc(N=C(N)N)cc1.Cl.Cl. The standard InChI is InChI=1S/C28H36N10O6.2ClH/c1-28(11-2-12-33-23(42)17-3-7-19(8-4-17)35-26(29)30)25(44)37(16-22(40)41)13-14-38(28)21(39)15-34-24(43)18-5-9-20(10-6-18)36-27(31)32;;/h3-10H,2,11-16H2,1H3,(H,33,42)(H,34,43)(H,40,41)(H4,29,30,35)(H4,31,32,36);2*1H/t28-;;/m0../s1. The number of carbonyl (C=O) groups is 5. The van der Waals surface area contributed by atoms with Crippen molar-refractivity contribution in [3.63, 3.8) is 0 Å². The van der Waals surface area contributed by atoms with E-state index in [9.17, 15) is 29.1 Å². The topological polar surface area (TPSA) is 265 Å². The van der Waals surface area contributed by atoms with Crippen LogP contribution in [-0.2, 0) is 14.4 Å². The van der Waals surface area contributed by atoms with Crippen molar-refractivity contribution in [3.05, 3.63) is 59.7 Å². The lowest BCUT2D eigenvalue weighted by Gasteiger charge is -2.47. The Bertz CT molecular complexity index is 1460. The van der Waals surface area contributed by atoms with Gasteiger partial charge in [0.1, 0.15) is 12.1 Å². The molecule has 2 aromatic rings. The van der Waals surface area contributed by atoms with E-state index in [-0.39, 0.29) is 74.3 Å². The van der Waals surface area contributed by atoms with Crippen molar-refractivity contribution in [2.45, 2.75) is 25.3 Å². The zero-order chi connectivity index (χ0) is 32.4. The summed E-state index contributed by atoms with van der Waals surface area (Å²) in [5, 5.41) is 14.6. The first kappa shape index (κ1) is 38.9. The predicted octanol–water partition coefficient (Wildman–Crippen LogP) is -0.206. The second kappa shape index (κ2) is 17.4. The number of carbonyl (C=O) groups excluding carboxylic acids is 4. The number of guanidine groups is 2. The Balaban J connectivity index is 0.00000529. The third-order valence-electron chi connectivity index (χ3n) is 6.87. The summed E-state index contributed by atoms with van der Waals surface area (Å²) < 4.78 is 0. The summed E-state index contributed by atoms with van der Waals surface area (Å²) in [5.41, 5.74) is 21.6. The van der Waals surface area contributed by atoms with Crippen molar-refractivity contribution >= 4 is 77.7 Å². The van der Waals surface area contributed by atoms with Crippen LogP contribution < -0.4 is 33.6 Å². The minimum Gasteiger partial charge on any atom is -0.480 e. The highest BCUT2D eigenvalue weighted by Crippen LogP contribution is 2.28. The first-order valence-corrected chi connectivity index (χ1v) is 13.6. The molecule has 0 bridgehead atoms. The summed E-state index contributed by atoms with van der Waals surface area (Å²) in [6, 6.07) is 12.3. The van der Waals surface area contributed by atoms with Gasteiger partial charge in [-0.3, -0.25) is 24.0 Å². The lowest BCUT2D eigenvalue weighted by atomic mass is 9.89. The monoisotopic (exact) mass is 680 g/mol. The van der Waals surface area contributed by atoms with E-state index in [4.69, 9.17) is 22.9 Å². The fourth-order valence-corrected chi connectivity index (χ4v) is 4.74. The number of rotatable bonds is 12. The predicted molar refractivity (Wildman–Crippen MR) is 177 cm³/mol. The van der Waals surface area contributed by atoms with Gasteiger partial charge in [0.2, 0.25) is 11.8 Å². The molecule has 1 saturated heterocycles. The number of aliphatic imine (C=N–C) groups is 2. The zero-order valence-corrected chi connectivity index (χ0v) is 26.6. The first-order chi connectivity index (χ1) is 20.8. The number of amides is 4. The summed E-state index contributed by atoms with van der Waals surface area (Å²) >= 11 is 0. The Morgan fingerprint density at radius 2 is 1.30 bits per heavy atom. The van der Waals surface area contributed by atoms with E-state index in [1.807, 2.05) is 0 Å². The molecule has 4 amide bonds. The molecule has 16 nitrogen and oxygen atoms in total. The van der Waals surface area contributed by atoms with E-state index < -0.39 is 42.3 Å². The van der Waals surface area contributed by atoms with E-state index >= 15 is 0 Å². The number of carboxylic acids is 1. The van der Waals surface area contributed by atoms with Crippen LogP contribution >= 0.6 is 24.8 Å². The molecule has 18 heteroatoms. The van der Waals surface area contributed by atoms with Gasteiger partial charge in [-0.05, 0) is 68.3 Å². The van der Waals surface area contributed by atoms with Crippen LogP contribution in [0.1, 0.15) is 40.5 Å². The fraction of sp³-hybridized carbons (Fsp3) is 0.321. The van der Waals surface area contributed by atoms with Gasteiger partial charge in [0.05, 0.1) is 17.9 Å². The molecule has 1 aliphatic heterocycles. The minimum atomic E-state index is -1.41. The van der Waals surface area contributed by atoms with Gasteiger partial charge in [0.25, 0.3) is 11.8 Å². The van der Waals surface area contributed by atoms with Gasteiger partial charge in [0, 0.05) is 30.8 Å². The number of nitrogens with two attached hydrogens (primary N) is 4. The van der Waals surface area contributed by atoms with E-state index in [1.54, 1.807) is 31.2 Å². The van der Waals surface area contributed by atoms with Gasteiger partial charge in [0.15, 0.2) is 11.9 Å². The smallest absolute Gasteiger partial charge is 0.323 e. The molecule has 3 rings (SSSR count). The number of aliphatic carboxylic acids is 1. The molecule has 250 valence electrons. The van der Waals surface area contributed by atoms with Crippen molar-refractivity contribution in [3.8, 4) is 0 Å². The molecule has 1 fully saturated rings. The Morgan fingerprint density at radius 1 is 0.826 bits per heavy atom. The van der Waals surface area contributed by atoms with Crippen LogP contribution in [-0.4, -0.2) is 94.7 Å². The van der Waals surface area contributed by atoms with Crippen molar-refractivity contribution in [1.29, 1.82) is 0 Å². The number of hydrogen-bond acceptors (Lipinski definition) is 7. The van der Waals surface area contributed by atoms with Gasteiger partial charge >= 0.3 is 5.97 Å². The number of hydrogen-bond donors (Lipinski definition) is 7. The van der Waals surface area contributed by atoms with E-state index in [2.05, 4.69) is 20.6 Å². The summed E-state index contributed by atoms with van der Waals surface area (Å²) in [7, 11) is 0. The van der Waals surface area contributed by atoms with Crippen LogP contribution in [0.4, 0.5) is 11.4 Å². The molecule has 1 heterocycles. The van der Waals surface area contributed by atoms with Crippen LogP contribution in [0.2, 0.25) is 0 Å². The highest BCUT2D eigenvalue weighted by molar-refractivity contribution is 5.99. The quantitative estimate of drug-likeness (QED) is 0.0881. The maximum absolute atomic E-state index is 13.5. The van der Waals surface area contributed by atoms with Gasteiger partial charge in [-0.1, -0.05) is 0 Å². The first-order valence-electron chi connectivity index (χ1n) is 13.6. The van der Waals surface area contributed by atoms with Crippen molar-refractivity contribution in [1.82, 2.24) is 20.4 Å². The number of nitrogens with one attached hydrogen (secondary N) is 2. The second-order valence-corrected chi connectivity index (χ2v) is 10.1. The average Bonchev–Trinajstić information content (AvgIpc) is 2.96. The number of benzene rings is 2. The van der Waals surface area contributed by atoms with Gasteiger partial charge in [-0.2, -0.15) is 0 Å². The zero-order valence-electron chi connectivity index (χ0n) is 25.0. The second-order valence-electron chi connectivity index (χ2n) is 10.1. The number of piperazine rings is 1. The normalized spacial score (nSPS) is 15.4. The molecule has 0 radical (unpaired) electrons. The third kappa shape index (κ3) is 10.5. The van der Waals surface area contributed by atoms with E-state index in [0.29, 0.717) is 23.4 Å². The Kier molecular flexibility index (Phi) is 14.7. The summed E-state index contributed by atoms with van der Waals surface area (Å²) in [4.78, 5) is 73.7. The Hall–Kier alpha value is -5.09. The molecule has 11 N–H and O–H groups in total. The largest absolute Gasteiger partial charge is 0.480 e. The van der Waals surface area contributed by atoms with Crippen LogP contribution in [0, 0.1) is 0 Å². The molecule has 0 aliphatic carbocycles. The number of nitrogens with zero attached hydrogens (tertiary/aromatic N) is 4. The Labute approximate surface area is 277 Å². The van der Waals surface area contributed by atoms with Crippen molar-refractivity contribution in [2.24, 2.45) is 32.9 Å². The maximum Gasteiger partial charge on any atom is 0.323 e. The summed E-state index contributed by atoms with van der Waals surface area (Å²) in [6.07, 6.45) is 0.414. The molecule has 1 atom stereocenters. The highest BCUT2D eigenvalue weighted by Gasteiger charge is 2.47. The molecule has 1 aliphatic rings. The summed E-state index contributed by atoms with van der Waals surface area (Å²) in [6.45, 7) is 0.879. The molecule has 0 spiro atoms. The average molecular weight is 682 g/mol. The van der Waals surface area contributed by atoms with Crippen LogP contribution in [0.25, 0.3) is 0 Å². The molecular weight excluding hydrogens is 643 g/mol. The lowest BCUT2D eigenvalue weighted by Crippen LogP contribution is -2.67. The molecule has 2 aromatic carbocycles. The maximum atomic E-state index is 13.5. The van der Waals surface area contributed by atoms with Crippen LogP contribution in [0.5, 0.6) is 0 Å². The molecule has 0 aromatic heterocycles. The van der Waals surface area contributed by atoms with Gasteiger partial charge in [-0.25, -0.2) is 9.98 Å². The fourth-order valence-electron chi connectivity index (χ4n) is 4.74. The van der Waals surface area contributed by atoms with Crippen molar-refractivity contribution in [2.75, 3.05) is 32.7 Å². The molecular formula is C28H38Cl2N10O6. The third-order valence-corrected chi connectivity index (χ3v) is 6.87. The van der Waals surface area contributed by atoms with Crippen molar-refractivity contribution < 1.29 is 29.1 Å². The number of halogens is 2. The van der Waals surface area contributed by atoms with Crippen LogP contribution in [0.3, 0.4) is 0 Å². The molecule has 0 saturated carbocycles. The lowest BCUT2D eigenvalue weighted by molar-refractivity contribution is -0.163. The Morgan fingerprint density at radius 3 is 1.76 bits per heavy atom. The minimum absolute atomic E-state index is 0. The van der Waals surface area contributed by atoms with E-state index in [1.165, 1.54) is 34.1 Å². The van der Waals surface area contributed by atoms with E-state index in [0.717, 1.165) is 0 Å². The van der Waals surface area contributed by atoms with Gasteiger partial charge < -0.3 is 48.5 Å². The van der Waals surface area contributed by atoms with Crippen LogP contribution in [0.15, 0.2) is 58.5 Å².